The molecule has 3 aromatic rings. The van der Waals surface area contributed by atoms with Crippen molar-refractivity contribution in [1.29, 1.82) is 0 Å². The van der Waals surface area contributed by atoms with E-state index in [0.29, 0.717) is 49.1 Å². The molecule has 7 nitrogen and oxygen atoms in total. The Balaban J connectivity index is 0.00000235. The fraction of sp³-hybridized carbons (Fsp3) is 0.231. The van der Waals surface area contributed by atoms with E-state index in [9.17, 15) is 9.59 Å². The Kier molecular flexibility index (Phi) is 13.8. The summed E-state index contributed by atoms with van der Waals surface area (Å²) in [5.74, 6) is 0.0391. The molecule has 0 fully saturated rings. The van der Waals surface area contributed by atoms with E-state index in [-0.39, 0.29) is 16.1 Å². The number of amides is 1. The van der Waals surface area contributed by atoms with Crippen molar-refractivity contribution < 1.29 is 24.2 Å². The lowest BCUT2D eigenvalue weighted by Gasteiger charge is -2.12. The third-order valence-electron chi connectivity index (χ3n) is 4.75. The zero-order valence-corrected chi connectivity index (χ0v) is 23.3. The Hall–Kier alpha value is -2.30. The van der Waals surface area contributed by atoms with Crippen LogP contribution in [-0.2, 0) is 4.74 Å². The first-order valence-electron chi connectivity index (χ1n) is 11.0. The summed E-state index contributed by atoms with van der Waals surface area (Å²) in [6, 6.07) is 15.3. The molecule has 198 valence electrons. The highest BCUT2D eigenvalue weighted by molar-refractivity contribution is 7.97. The zero-order valence-electron chi connectivity index (χ0n) is 20.2. The Labute approximate surface area is 235 Å². The average molecular weight is 586 g/mol. The first-order valence-corrected chi connectivity index (χ1v) is 13.0. The molecular weight excluding hydrogens is 559 g/mol. The fourth-order valence-corrected chi connectivity index (χ4v) is 4.32. The van der Waals surface area contributed by atoms with Crippen LogP contribution in [0.25, 0.3) is 0 Å². The molecule has 0 aromatic heterocycles. The molecule has 3 aromatic carbocycles. The monoisotopic (exact) mass is 584 g/mol. The van der Waals surface area contributed by atoms with Gasteiger partial charge in [0.1, 0.15) is 12.4 Å². The van der Waals surface area contributed by atoms with Crippen LogP contribution >= 0.6 is 46.8 Å². The summed E-state index contributed by atoms with van der Waals surface area (Å²) in [7, 11) is 1.00. The molecule has 0 saturated heterocycles. The van der Waals surface area contributed by atoms with E-state index in [1.807, 2.05) is 25.1 Å². The number of hydrogen-bond acceptors (Lipinski definition) is 7. The number of ether oxygens (including phenoxy) is 2. The quantitative estimate of drug-likeness (QED) is 0.130. The summed E-state index contributed by atoms with van der Waals surface area (Å²) in [5, 5.41) is 11.1. The van der Waals surface area contributed by atoms with Gasteiger partial charge in [-0.25, -0.2) is 0 Å². The van der Waals surface area contributed by atoms with Gasteiger partial charge in [0.25, 0.3) is 5.91 Å². The molecule has 0 saturated carbocycles. The second-order valence-electron chi connectivity index (χ2n) is 7.31. The predicted octanol–water partition coefficient (Wildman–Crippen LogP) is 6.32. The first-order chi connectivity index (χ1) is 17.9. The van der Waals surface area contributed by atoms with Gasteiger partial charge < -0.3 is 19.9 Å². The first kappa shape index (κ1) is 30.9. The van der Waals surface area contributed by atoms with E-state index in [0.717, 1.165) is 22.6 Å². The van der Waals surface area contributed by atoms with Crippen molar-refractivity contribution in [3.05, 3.63) is 86.4 Å². The van der Waals surface area contributed by atoms with Gasteiger partial charge in [-0.2, -0.15) is 0 Å². The van der Waals surface area contributed by atoms with E-state index >= 15 is 0 Å². The zero-order chi connectivity index (χ0) is 27.2. The highest BCUT2D eigenvalue weighted by Gasteiger charge is 2.13. The van der Waals surface area contributed by atoms with E-state index in [1.165, 1.54) is 24.1 Å². The van der Waals surface area contributed by atoms with Crippen molar-refractivity contribution in [2.24, 2.45) is 0 Å². The summed E-state index contributed by atoms with van der Waals surface area (Å²) in [6.45, 7) is 3.81. The number of rotatable bonds is 12. The number of aryl methyl sites for hydroxylation is 1. The maximum atomic E-state index is 12.5. The normalized spacial score (nSPS) is 10.3. The number of aliphatic hydroxyl groups excluding tert-OH is 1. The van der Waals surface area contributed by atoms with Crippen LogP contribution in [0.1, 0.15) is 26.3 Å². The van der Waals surface area contributed by atoms with Crippen molar-refractivity contribution in [3.8, 4) is 5.75 Å². The van der Waals surface area contributed by atoms with Crippen LogP contribution < -0.4 is 14.8 Å². The number of nitrogens with one attached hydrogen (secondary N) is 2. The summed E-state index contributed by atoms with van der Waals surface area (Å²) < 4.78 is 14.4. The molecule has 0 radical (unpaired) electrons. The van der Waals surface area contributed by atoms with Gasteiger partial charge in [-0.15, -0.1) is 0 Å². The van der Waals surface area contributed by atoms with Gasteiger partial charge in [0.05, 0.1) is 29.5 Å². The number of carbonyl (C=O) groups excluding carboxylic acids is 2. The summed E-state index contributed by atoms with van der Waals surface area (Å²) in [4.78, 5) is 25.1. The standard InChI is InChI=1S/C25H23Cl3N2O4S.CH4O/c1-16-2-5-20(14-22(16)27)35-29-8-9-33-10-11-34-19-4-7-24(17(12-19)15-31)30-25(32)21-6-3-18(26)13-23(21)28;1-2/h2-7,12-15,29H,8-11H2,1H3,(H,30,32);2H,1H3. The molecule has 0 heterocycles. The van der Waals surface area contributed by atoms with Crippen molar-refractivity contribution in [1.82, 2.24) is 4.72 Å². The molecule has 3 rings (SSSR count). The number of anilines is 1. The topological polar surface area (TPSA) is 96.9 Å². The van der Waals surface area contributed by atoms with E-state index in [4.69, 9.17) is 49.4 Å². The lowest BCUT2D eigenvalue weighted by atomic mass is 10.1. The number of benzene rings is 3. The van der Waals surface area contributed by atoms with E-state index in [2.05, 4.69) is 10.0 Å². The maximum Gasteiger partial charge on any atom is 0.257 e. The molecule has 0 aliphatic heterocycles. The van der Waals surface area contributed by atoms with Crippen LogP contribution in [-0.4, -0.2) is 50.8 Å². The third-order valence-corrected chi connectivity index (χ3v) is 6.55. The number of hydrogen-bond donors (Lipinski definition) is 3. The Morgan fingerprint density at radius 1 is 0.973 bits per heavy atom. The summed E-state index contributed by atoms with van der Waals surface area (Å²) in [5.41, 5.74) is 1.92. The maximum absolute atomic E-state index is 12.5. The minimum absolute atomic E-state index is 0.218. The van der Waals surface area contributed by atoms with Crippen molar-refractivity contribution in [2.45, 2.75) is 11.8 Å². The van der Waals surface area contributed by atoms with Gasteiger partial charge in [-0.1, -0.05) is 40.9 Å². The molecule has 0 unspecified atom stereocenters. The van der Waals surface area contributed by atoms with Crippen molar-refractivity contribution in [3.63, 3.8) is 0 Å². The highest BCUT2D eigenvalue weighted by Crippen LogP contribution is 2.25. The molecular formula is C26H27Cl3N2O5S. The minimum Gasteiger partial charge on any atom is -0.491 e. The minimum atomic E-state index is -0.450. The van der Waals surface area contributed by atoms with E-state index in [1.54, 1.807) is 24.3 Å². The van der Waals surface area contributed by atoms with Gasteiger partial charge in [0.15, 0.2) is 6.29 Å². The van der Waals surface area contributed by atoms with Crippen LogP contribution in [0.4, 0.5) is 5.69 Å². The van der Waals surface area contributed by atoms with Crippen LogP contribution in [0.15, 0.2) is 59.5 Å². The lowest BCUT2D eigenvalue weighted by molar-refractivity contribution is 0.102. The second-order valence-corrected chi connectivity index (χ2v) is 9.53. The predicted molar refractivity (Wildman–Crippen MR) is 151 cm³/mol. The Morgan fingerprint density at radius 3 is 2.46 bits per heavy atom. The van der Waals surface area contributed by atoms with Gasteiger partial charge in [0, 0.05) is 34.2 Å². The largest absolute Gasteiger partial charge is 0.491 e. The molecule has 1 amide bonds. The number of halogens is 3. The van der Waals surface area contributed by atoms with Crippen molar-refractivity contribution >= 4 is 64.6 Å². The molecule has 0 bridgehead atoms. The van der Waals surface area contributed by atoms with Crippen molar-refractivity contribution in [2.75, 3.05) is 38.8 Å². The van der Waals surface area contributed by atoms with Gasteiger partial charge in [-0.05, 0) is 73.0 Å². The highest BCUT2D eigenvalue weighted by atomic mass is 35.5. The van der Waals surface area contributed by atoms with E-state index < -0.39 is 5.91 Å². The van der Waals surface area contributed by atoms with Crippen LogP contribution in [0.2, 0.25) is 15.1 Å². The molecule has 37 heavy (non-hydrogen) atoms. The molecule has 0 atom stereocenters. The van der Waals surface area contributed by atoms with Gasteiger partial charge in [-0.3, -0.25) is 14.3 Å². The molecule has 3 N–H and O–H groups in total. The molecule has 0 aliphatic carbocycles. The molecule has 0 aliphatic rings. The fourth-order valence-electron chi connectivity index (χ4n) is 2.91. The second kappa shape index (κ2) is 16.5. The SMILES string of the molecule is CO.Cc1ccc(SNCCOCCOc2ccc(NC(=O)c3ccc(Cl)cc3Cl)c(C=O)c2)cc1Cl. The Morgan fingerprint density at radius 2 is 1.76 bits per heavy atom. The lowest BCUT2D eigenvalue weighted by Crippen LogP contribution is -2.16. The average Bonchev–Trinajstić information content (AvgIpc) is 2.89. The smallest absolute Gasteiger partial charge is 0.257 e. The van der Waals surface area contributed by atoms with Gasteiger partial charge >= 0.3 is 0 Å². The van der Waals surface area contributed by atoms with Gasteiger partial charge in [0.2, 0.25) is 0 Å². The number of aldehydes is 1. The Bertz CT molecular complexity index is 1200. The summed E-state index contributed by atoms with van der Waals surface area (Å²) in [6.07, 6.45) is 0.646. The molecule has 0 spiro atoms. The van der Waals surface area contributed by atoms with Crippen LogP contribution in [0, 0.1) is 6.92 Å². The number of carbonyl (C=O) groups is 2. The molecule has 11 heteroatoms. The van der Waals surface area contributed by atoms with Crippen LogP contribution in [0.5, 0.6) is 5.75 Å². The van der Waals surface area contributed by atoms with Crippen LogP contribution in [0.3, 0.4) is 0 Å². The summed E-state index contributed by atoms with van der Waals surface area (Å²) >= 11 is 19.6. The number of aliphatic hydroxyl groups is 1. The third kappa shape index (κ3) is 10.2.